The summed E-state index contributed by atoms with van der Waals surface area (Å²) in [6, 6.07) is 4.35. The Labute approximate surface area is 165 Å². The summed E-state index contributed by atoms with van der Waals surface area (Å²) >= 11 is 3.93. The number of anilines is 1. The second-order valence-electron chi connectivity index (χ2n) is 5.91. The molecular formula is C16H27IN4S2. The third kappa shape index (κ3) is 5.42. The molecule has 23 heavy (non-hydrogen) atoms. The monoisotopic (exact) mass is 466 g/mol. The predicted octanol–water partition coefficient (Wildman–Crippen LogP) is 3.21. The number of nitrogens with zero attached hydrogens (tertiary/aromatic N) is 3. The number of guanidine groups is 1. The smallest absolute Gasteiger partial charge is 0.193 e. The number of thioether (sulfide) groups is 1. The third-order valence-corrected chi connectivity index (χ3v) is 6.48. The Morgan fingerprint density at radius 3 is 2.61 bits per heavy atom. The van der Waals surface area contributed by atoms with Gasteiger partial charge in [0.05, 0.1) is 5.00 Å². The lowest BCUT2D eigenvalue weighted by atomic mass is 10.0. The molecule has 2 aliphatic heterocycles. The topological polar surface area (TPSA) is 30.9 Å². The van der Waals surface area contributed by atoms with Gasteiger partial charge in [0.15, 0.2) is 5.96 Å². The van der Waals surface area contributed by atoms with Crippen LogP contribution in [0.5, 0.6) is 0 Å². The molecule has 2 aliphatic rings. The Kier molecular flexibility index (Phi) is 8.32. The molecular weight excluding hydrogens is 439 g/mol. The van der Waals surface area contributed by atoms with Gasteiger partial charge in [-0.25, -0.2) is 0 Å². The highest BCUT2D eigenvalue weighted by Gasteiger charge is 2.21. The van der Waals surface area contributed by atoms with Crippen LogP contribution in [0.3, 0.4) is 0 Å². The van der Waals surface area contributed by atoms with E-state index in [1.807, 2.05) is 18.4 Å². The number of piperazine rings is 1. The number of aliphatic imine (C=N–C) groups is 1. The lowest BCUT2D eigenvalue weighted by Gasteiger charge is -2.37. The molecule has 3 heterocycles. The number of hydrogen-bond acceptors (Lipinski definition) is 4. The summed E-state index contributed by atoms with van der Waals surface area (Å²) in [5.41, 5.74) is 0. The first-order chi connectivity index (χ1) is 10.9. The van der Waals surface area contributed by atoms with Crippen LogP contribution in [0.1, 0.15) is 12.8 Å². The summed E-state index contributed by atoms with van der Waals surface area (Å²) in [6.45, 7) is 5.36. The van der Waals surface area contributed by atoms with Crippen molar-refractivity contribution >= 4 is 58.0 Å². The molecule has 130 valence electrons. The SMILES string of the molecule is CN=C(NCC1CCSCC1)N1CCN(c2cccs2)CC1.I. The lowest BCUT2D eigenvalue weighted by Crippen LogP contribution is -2.53. The number of hydrogen-bond donors (Lipinski definition) is 1. The highest BCUT2D eigenvalue weighted by Crippen LogP contribution is 2.23. The largest absolute Gasteiger partial charge is 0.360 e. The molecule has 2 saturated heterocycles. The van der Waals surface area contributed by atoms with Gasteiger partial charge in [-0.05, 0) is 47.8 Å². The molecule has 0 saturated carbocycles. The number of halogens is 1. The fraction of sp³-hybridized carbons (Fsp3) is 0.688. The average molecular weight is 466 g/mol. The quantitative estimate of drug-likeness (QED) is 0.421. The Hall–Kier alpha value is -0.150. The molecule has 0 unspecified atom stereocenters. The van der Waals surface area contributed by atoms with Crippen LogP contribution in [-0.2, 0) is 0 Å². The maximum Gasteiger partial charge on any atom is 0.193 e. The van der Waals surface area contributed by atoms with Crippen LogP contribution in [0.4, 0.5) is 5.00 Å². The van der Waals surface area contributed by atoms with Gasteiger partial charge in [-0.15, -0.1) is 35.3 Å². The molecule has 3 rings (SSSR count). The van der Waals surface area contributed by atoms with Gasteiger partial charge in [0.2, 0.25) is 0 Å². The van der Waals surface area contributed by atoms with Crippen LogP contribution in [-0.4, -0.2) is 62.1 Å². The minimum atomic E-state index is 0. The van der Waals surface area contributed by atoms with E-state index in [-0.39, 0.29) is 24.0 Å². The van der Waals surface area contributed by atoms with Crippen LogP contribution in [0.2, 0.25) is 0 Å². The van der Waals surface area contributed by atoms with E-state index in [0.29, 0.717) is 0 Å². The Bertz CT molecular complexity index is 466. The fourth-order valence-electron chi connectivity index (χ4n) is 3.11. The molecule has 1 aromatic heterocycles. The highest BCUT2D eigenvalue weighted by atomic mass is 127. The van der Waals surface area contributed by atoms with Gasteiger partial charge in [0.1, 0.15) is 0 Å². The van der Waals surface area contributed by atoms with E-state index >= 15 is 0 Å². The van der Waals surface area contributed by atoms with E-state index in [9.17, 15) is 0 Å². The van der Waals surface area contributed by atoms with E-state index in [0.717, 1.165) is 44.6 Å². The van der Waals surface area contributed by atoms with Crippen molar-refractivity contribution in [1.29, 1.82) is 0 Å². The zero-order valence-electron chi connectivity index (χ0n) is 13.7. The van der Waals surface area contributed by atoms with Gasteiger partial charge in [-0.2, -0.15) is 11.8 Å². The second kappa shape index (κ2) is 9.98. The van der Waals surface area contributed by atoms with Crippen molar-refractivity contribution in [3.8, 4) is 0 Å². The van der Waals surface area contributed by atoms with E-state index in [2.05, 4.69) is 49.4 Å². The van der Waals surface area contributed by atoms with Crippen LogP contribution >= 0.6 is 47.1 Å². The molecule has 0 radical (unpaired) electrons. The Morgan fingerprint density at radius 1 is 1.26 bits per heavy atom. The van der Waals surface area contributed by atoms with Crippen molar-refractivity contribution in [2.75, 3.05) is 56.2 Å². The van der Waals surface area contributed by atoms with Crippen LogP contribution < -0.4 is 10.2 Å². The maximum atomic E-state index is 4.49. The van der Waals surface area contributed by atoms with Crippen molar-refractivity contribution in [1.82, 2.24) is 10.2 Å². The summed E-state index contributed by atoms with van der Waals surface area (Å²) in [7, 11) is 1.91. The minimum absolute atomic E-state index is 0. The fourth-order valence-corrected chi connectivity index (χ4v) is 5.10. The molecule has 0 bridgehead atoms. The van der Waals surface area contributed by atoms with Crippen molar-refractivity contribution in [2.24, 2.45) is 10.9 Å². The highest BCUT2D eigenvalue weighted by molar-refractivity contribution is 14.0. The molecule has 1 N–H and O–H groups in total. The molecule has 0 spiro atoms. The van der Waals surface area contributed by atoms with Gasteiger partial charge < -0.3 is 15.1 Å². The Balaban J connectivity index is 0.00000192. The Morgan fingerprint density at radius 2 is 2.00 bits per heavy atom. The first-order valence-electron chi connectivity index (χ1n) is 8.18. The molecule has 0 aliphatic carbocycles. The zero-order chi connectivity index (χ0) is 15.2. The molecule has 2 fully saturated rings. The van der Waals surface area contributed by atoms with Crippen molar-refractivity contribution in [2.45, 2.75) is 12.8 Å². The van der Waals surface area contributed by atoms with Gasteiger partial charge in [0.25, 0.3) is 0 Å². The maximum absolute atomic E-state index is 4.49. The standard InChI is InChI=1S/C16H26N4S2.HI/c1-17-16(18-13-14-4-11-21-12-5-14)20-8-6-19(7-9-20)15-3-2-10-22-15;/h2-3,10,14H,4-9,11-13H2,1H3,(H,17,18);1H. The van der Waals surface area contributed by atoms with Crippen molar-refractivity contribution in [3.05, 3.63) is 17.5 Å². The summed E-state index contributed by atoms with van der Waals surface area (Å²) in [5, 5.41) is 7.16. The molecule has 7 heteroatoms. The van der Waals surface area contributed by atoms with Gasteiger partial charge in [0, 0.05) is 39.8 Å². The van der Waals surface area contributed by atoms with Crippen LogP contribution in [0, 0.1) is 5.92 Å². The molecule has 0 atom stereocenters. The summed E-state index contributed by atoms with van der Waals surface area (Å²) in [4.78, 5) is 9.38. The van der Waals surface area contributed by atoms with E-state index < -0.39 is 0 Å². The normalized spacial score (nSPS) is 20.3. The minimum Gasteiger partial charge on any atom is -0.360 e. The van der Waals surface area contributed by atoms with E-state index in [1.165, 1.54) is 29.3 Å². The van der Waals surface area contributed by atoms with Crippen LogP contribution in [0.25, 0.3) is 0 Å². The van der Waals surface area contributed by atoms with Crippen molar-refractivity contribution in [3.63, 3.8) is 0 Å². The van der Waals surface area contributed by atoms with E-state index in [1.54, 1.807) is 0 Å². The third-order valence-electron chi connectivity index (χ3n) is 4.50. The van der Waals surface area contributed by atoms with Crippen molar-refractivity contribution < 1.29 is 0 Å². The van der Waals surface area contributed by atoms with Gasteiger partial charge in [-0.1, -0.05) is 0 Å². The van der Waals surface area contributed by atoms with E-state index in [4.69, 9.17) is 0 Å². The average Bonchev–Trinajstić information content (AvgIpc) is 3.11. The molecule has 0 aromatic carbocycles. The molecule has 0 amide bonds. The van der Waals surface area contributed by atoms with Gasteiger partial charge in [-0.3, -0.25) is 4.99 Å². The lowest BCUT2D eigenvalue weighted by molar-refractivity contribution is 0.366. The first-order valence-corrected chi connectivity index (χ1v) is 10.2. The number of rotatable bonds is 3. The molecule has 1 aromatic rings. The predicted molar refractivity (Wildman–Crippen MR) is 115 cm³/mol. The summed E-state index contributed by atoms with van der Waals surface area (Å²) in [5.74, 6) is 4.56. The first kappa shape index (κ1) is 19.2. The van der Waals surface area contributed by atoms with Crippen LogP contribution in [0.15, 0.2) is 22.5 Å². The summed E-state index contributed by atoms with van der Waals surface area (Å²) in [6.07, 6.45) is 2.70. The molecule has 4 nitrogen and oxygen atoms in total. The number of thiophene rings is 1. The van der Waals surface area contributed by atoms with Gasteiger partial charge >= 0.3 is 0 Å². The summed E-state index contributed by atoms with van der Waals surface area (Å²) < 4.78 is 0. The zero-order valence-corrected chi connectivity index (χ0v) is 17.7. The number of nitrogens with one attached hydrogen (secondary N) is 1. The second-order valence-corrected chi connectivity index (χ2v) is 8.06.